The summed E-state index contributed by atoms with van der Waals surface area (Å²) in [4.78, 5) is 11.2. The second-order valence-electron chi connectivity index (χ2n) is 3.45. The van der Waals surface area contributed by atoms with Gasteiger partial charge < -0.3 is 9.47 Å². The molecule has 6 heteroatoms. The lowest BCUT2D eigenvalue weighted by Crippen LogP contribution is -2.35. The molecule has 0 bridgehead atoms. The third kappa shape index (κ3) is 4.33. The lowest BCUT2D eigenvalue weighted by molar-refractivity contribution is -0.135. The third-order valence-corrected chi connectivity index (χ3v) is 2.61. The third-order valence-electron chi connectivity index (χ3n) is 2.12. The van der Waals surface area contributed by atoms with E-state index in [9.17, 15) is 4.79 Å². The second kappa shape index (κ2) is 6.58. The van der Waals surface area contributed by atoms with Gasteiger partial charge in [-0.15, -0.1) is 0 Å². The summed E-state index contributed by atoms with van der Waals surface area (Å²) < 4.78 is 11.4. The van der Waals surface area contributed by atoms with Crippen LogP contribution >= 0.6 is 15.9 Å². The van der Waals surface area contributed by atoms with Crippen molar-refractivity contribution in [3.05, 3.63) is 28.2 Å². The highest BCUT2D eigenvalue weighted by Crippen LogP contribution is 2.23. The van der Waals surface area contributed by atoms with Gasteiger partial charge >= 0.3 is 0 Å². The van der Waals surface area contributed by atoms with Gasteiger partial charge in [0.25, 0.3) is 5.91 Å². The Morgan fingerprint density at radius 2 is 2.24 bits per heavy atom. The molecule has 1 rings (SSSR count). The van der Waals surface area contributed by atoms with Gasteiger partial charge in [-0.05, 0) is 18.2 Å². The molecule has 0 atom stereocenters. The van der Waals surface area contributed by atoms with Crippen LogP contribution in [0.4, 0.5) is 0 Å². The number of hydrogen-bond donors (Lipinski definition) is 1. The SMILES string of the molecule is COc1ccc(Br)cc1COCC(=O)N(C)N. The van der Waals surface area contributed by atoms with Crippen LogP contribution in [0, 0.1) is 0 Å². The summed E-state index contributed by atoms with van der Waals surface area (Å²) in [5.41, 5.74) is 0.870. The lowest BCUT2D eigenvalue weighted by Gasteiger charge is -2.12. The topological polar surface area (TPSA) is 64.8 Å². The van der Waals surface area contributed by atoms with Crippen LogP contribution in [0.5, 0.6) is 5.75 Å². The molecule has 2 N–H and O–H groups in total. The van der Waals surface area contributed by atoms with Gasteiger partial charge in [-0.2, -0.15) is 0 Å². The minimum atomic E-state index is -0.279. The predicted octanol–water partition coefficient (Wildman–Crippen LogP) is 1.31. The molecule has 94 valence electrons. The van der Waals surface area contributed by atoms with Crippen LogP contribution in [-0.4, -0.2) is 31.7 Å². The molecule has 0 spiro atoms. The first-order valence-corrected chi connectivity index (χ1v) is 5.75. The van der Waals surface area contributed by atoms with Crippen molar-refractivity contribution in [3.8, 4) is 5.75 Å². The van der Waals surface area contributed by atoms with Crippen LogP contribution in [0.15, 0.2) is 22.7 Å². The van der Waals surface area contributed by atoms with Crippen LogP contribution in [0.3, 0.4) is 0 Å². The number of nitrogens with two attached hydrogens (primary N) is 1. The summed E-state index contributed by atoms with van der Waals surface area (Å²) in [6.45, 7) is 0.241. The first kappa shape index (κ1) is 14.0. The molecule has 5 nitrogen and oxygen atoms in total. The molecule has 0 saturated heterocycles. The number of hydrazine groups is 1. The van der Waals surface area contributed by atoms with Crippen molar-refractivity contribution < 1.29 is 14.3 Å². The molecule has 0 aliphatic heterocycles. The van der Waals surface area contributed by atoms with Crippen molar-refractivity contribution in [1.29, 1.82) is 0 Å². The quantitative estimate of drug-likeness (QED) is 0.506. The summed E-state index contributed by atoms with van der Waals surface area (Å²) in [5, 5.41) is 0.998. The van der Waals surface area contributed by atoms with Crippen LogP contribution in [0.2, 0.25) is 0 Å². The van der Waals surface area contributed by atoms with E-state index in [2.05, 4.69) is 15.9 Å². The van der Waals surface area contributed by atoms with Gasteiger partial charge in [-0.3, -0.25) is 9.80 Å². The molecule has 17 heavy (non-hydrogen) atoms. The van der Waals surface area contributed by atoms with Crippen LogP contribution < -0.4 is 10.6 Å². The van der Waals surface area contributed by atoms with Crippen LogP contribution in [0.25, 0.3) is 0 Å². The van der Waals surface area contributed by atoms with Gasteiger partial charge in [0.15, 0.2) is 0 Å². The Hall–Kier alpha value is -1.11. The Bertz CT molecular complexity index is 396. The zero-order valence-corrected chi connectivity index (χ0v) is 11.4. The summed E-state index contributed by atoms with van der Waals surface area (Å²) in [6.07, 6.45) is 0. The fourth-order valence-electron chi connectivity index (χ4n) is 1.21. The summed E-state index contributed by atoms with van der Waals surface area (Å²) in [7, 11) is 3.07. The number of hydrogen-bond acceptors (Lipinski definition) is 4. The Morgan fingerprint density at radius 3 is 2.82 bits per heavy atom. The highest BCUT2D eigenvalue weighted by molar-refractivity contribution is 9.10. The summed E-state index contributed by atoms with van der Waals surface area (Å²) in [6, 6.07) is 5.59. The minimum absolute atomic E-state index is 0.0529. The number of rotatable bonds is 5. The molecule has 0 aliphatic carbocycles. The highest BCUT2D eigenvalue weighted by Gasteiger charge is 2.07. The average Bonchev–Trinajstić information content (AvgIpc) is 2.29. The maximum atomic E-state index is 11.2. The van der Waals surface area contributed by atoms with E-state index in [-0.39, 0.29) is 12.5 Å². The molecule has 1 aromatic rings. The summed E-state index contributed by atoms with van der Waals surface area (Å²) >= 11 is 3.36. The van der Waals surface area contributed by atoms with Crippen LogP contribution in [0.1, 0.15) is 5.56 Å². The normalized spacial score (nSPS) is 10.1. The van der Waals surface area contributed by atoms with Crippen molar-refractivity contribution in [3.63, 3.8) is 0 Å². The van der Waals surface area contributed by atoms with Crippen molar-refractivity contribution in [2.24, 2.45) is 5.84 Å². The molecule has 0 unspecified atom stereocenters. The largest absolute Gasteiger partial charge is 0.496 e. The Labute approximate surface area is 109 Å². The maximum Gasteiger partial charge on any atom is 0.262 e. The number of carbonyl (C=O) groups is 1. The predicted molar refractivity (Wildman–Crippen MR) is 67.3 cm³/mol. The smallest absolute Gasteiger partial charge is 0.262 e. The number of carbonyl (C=O) groups excluding carboxylic acids is 1. The maximum absolute atomic E-state index is 11.2. The zero-order valence-electron chi connectivity index (χ0n) is 9.77. The van der Waals surface area contributed by atoms with E-state index in [0.717, 1.165) is 20.8 Å². The Kier molecular flexibility index (Phi) is 5.40. The van der Waals surface area contributed by atoms with Gasteiger partial charge in [-0.25, -0.2) is 5.84 Å². The molecular weight excluding hydrogens is 288 g/mol. The Morgan fingerprint density at radius 1 is 1.53 bits per heavy atom. The minimum Gasteiger partial charge on any atom is -0.496 e. The van der Waals surface area contributed by atoms with E-state index in [1.54, 1.807) is 7.11 Å². The fraction of sp³-hybridized carbons (Fsp3) is 0.364. The molecule has 0 aliphatic rings. The molecule has 0 radical (unpaired) electrons. The van der Waals surface area contributed by atoms with Gasteiger partial charge in [0.1, 0.15) is 12.4 Å². The first-order chi connectivity index (χ1) is 8.04. The number of ether oxygens (including phenoxy) is 2. The first-order valence-electron chi connectivity index (χ1n) is 4.96. The number of benzene rings is 1. The van der Waals surface area contributed by atoms with Crippen LogP contribution in [-0.2, 0) is 16.1 Å². The van der Waals surface area contributed by atoms with Gasteiger partial charge in [-0.1, -0.05) is 15.9 Å². The van der Waals surface area contributed by atoms with E-state index in [4.69, 9.17) is 15.3 Å². The standard InChI is InChI=1S/C11H15BrN2O3/c1-14(13)11(15)7-17-6-8-5-9(12)3-4-10(8)16-2/h3-5H,6-7,13H2,1-2H3. The number of halogens is 1. The lowest BCUT2D eigenvalue weighted by atomic mass is 10.2. The van der Waals surface area contributed by atoms with Gasteiger partial charge in [0.2, 0.25) is 0 Å². The number of methoxy groups -OCH3 is 1. The van der Waals surface area contributed by atoms with Crippen molar-refractivity contribution in [2.45, 2.75) is 6.61 Å². The average molecular weight is 303 g/mol. The van der Waals surface area contributed by atoms with E-state index in [1.165, 1.54) is 7.05 Å². The van der Waals surface area contributed by atoms with Crippen molar-refractivity contribution in [2.75, 3.05) is 20.8 Å². The van der Waals surface area contributed by atoms with Gasteiger partial charge in [0.05, 0.1) is 13.7 Å². The number of amides is 1. The molecule has 0 heterocycles. The fourth-order valence-corrected chi connectivity index (χ4v) is 1.62. The molecule has 1 amide bonds. The van der Waals surface area contributed by atoms with E-state index in [1.807, 2.05) is 18.2 Å². The van der Waals surface area contributed by atoms with E-state index in [0.29, 0.717) is 6.61 Å². The summed E-state index contributed by atoms with van der Waals surface area (Å²) in [5.74, 6) is 5.71. The second-order valence-corrected chi connectivity index (χ2v) is 4.37. The molecular formula is C11H15BrN2O3. The van der Waals surface area contributed by atoms with E-state index < -0.39 is 0 Å². The van der Waals surface area contributed by atoms with Crippen molar-refractivity contribution >= 4 is 21.8 Å². The molecule has 0 saturated carbocycles. The number of nitrogens with zero attached hydrogens (tertiary/aromatic N) is 1. The highest BCUT2D eigenvalue weighted by atomic mass is 79.9. The Balaban J connectivity index is 2.56. The number of likely N-dealkylation sites (N-methyl/N-ethyl adjacent to an activating group) is 1. The van der Waals surface area contributed by atoms with E-state index >= 15 is 0 Å². The van der Waals surface area contributed by atoms with Gasteiger partial charge in [0, 0.05) is 17.1 Å². The zero-order chi connectivity index (χ0) is 12.8. The molecule has 0 fully saturated rings. The monoisotopic (exact) mass is 302 g/mol. The molecule has 1 aromatic carbocycles. The molecule has 0 aromatic heterocycles. The van der Waals surface area contributed by atoms with Crippen molar-refractivity contribution in [1.82, 2.24) is 5.01 Å².